The minimum Gasteiger partial charge on any atom is -0.300 e. The van der Waals surface area contributed by atoms with Gasteiger partial charge in [0, 0.05) is 6.42 Å². The molecule has 0 heterocycles. The van der Waals surface area contributed by atoms with Crippen molar-refractivity contribution in [2.75, 3.05) is 0 Å². The summed E-state index contributed by atoms with van der Waals surface area (Å²) in [7, 11) is 0. The molecule has 0 aliphatic carbocycles. The van der Waals surface area contributed by atoms with Crippen molar-refractivity contribution in [1.29, 1.82) is 0 Å². The van der Waals surface area contributed by atoms with Crippen LogP contribution in [0.5, 0.6) is 0 Å². The molecule has 0 spiro atoms. The number of carbonyl (C=O) groups is 1. The fraction of sp³-hybridized carbons (Fsp3) is 0.667. The zero-order valence-electron chi connectivity index (χ0n) is 16.6. The Balaban J connectivity index is -0.000000239. The first-order valence-electron chi connectivity index (χ1n) is 8.86. The minimum atomic E-state index is 0.287. The molecule has 0 radical (unpaired) electrons. The first-order valence-corrected chi connectivity index (χ1v) is 8.86. The maximum atomic E-state index is 10.3. The van der Waals surface area contributed by atoms with Crippen LogP contribution in [0, 0.1) is 19.8 Å². The van der Waals surface area contributed by atoms with Gasteiger partial charge in [-0.25, -0.2) is 0 Å². The lowest BCUT2D eigenvalue weighted by molar-refractivity contribution is -0.117. The van der Waals surface area contributed by atoms with E-state index in [4.69, 9.17) is 0 Å². The summed E-state index contributed by atoms with van der Waals surface area (Å²) in [6, 6.07) is 8.48. The topological polar surface area (TPSA) is 17.1 Å². The molecule has 0 aromatic heterocycles. The molecule has 1 nitrogen and oxygen atoms in total. The average Bonchev–Trinajstić information content (AvgIpc) is 2.45. The number of benzene rings is 1. The largest absolute Gasteiger partial charge is 0.300 e. The first-order chi connectivity index (χ1) is 10.3. The van der Waals surface area contributed by atoms with Gasteiger partial charge in [0.1, 0.15) is 5.78 Å². The third kappa shape index (κ3) is 27.3. The number of aryl methyl sites for hydroxylation is 2. The first kappa shape index (κ1) is 25.8. The molecule has 22 heavy (non-hydrogen) atoms. The molecule has 1 rings (SSSR count). The van der Waals surface area contributed by atoms with E-state index in [-0.39, 0.29) is 5.78 Å². The fourth-order valence-corrected chi connectivity index (χ4v) is 1.57. The van der Waals surface area contributed by atoms with Gasteiger partial charge in [0.2, 0.25) is 0 Å². The molecule has 1 aromatic carbocycles. The van der Waals surface area contributed by atoms with Crippen LogP contribution in [0.4, 0.5) is 0 Å². The number of unbranched alkanes of at least 4 members (excludes halogenated alkanes) is 2. The van der Waals surface area contributed by atoms with Crippen molar-refractivity contribution in [3.05, 3.63) is 35.4 Å². The van der Waals surface area contributed by atoms with Crippen molar-refractivity contribution in [3.63, 3.8) is 0 Å². The van der Waals surface area contributed by atoms with Crippen molar-refractivity contribution >= 4 is 5.78 Å². The zero-order valence-corrected chi connectivity index (χ0v) is 16.6. The van der Waals surface area contributed by atoms with Crippen LogP contribution in [0.2, 0.25) is 0 Å². The van der Waals surface area contributed by atoms with Crippen LogP contribution < -0.4 is 0 Å². The summed E-state index contributed by atoms with van der Waals surface area (Å²) in [5, 5.41) is 0. The van der Waals surface area contributed by atoms with Crippen LogP contribution in [0.25, 0.3) is 0 Å². The van der Waals surface area contributed by atoms with Gasteiger partial charge in [0.25, 0.3) is 0 Å². The zero-order chi connectivity index (χ0) is 18.0. The van der Waals surface area contributed by atoms with E-state index in [2.05, 4.69) is 52.0 Å². The number of ketones is 1. The fourth-order valence-electron chi connectivity index (χ4n) is 1.57. The summed E-state index contributed by atoms with van der Waals surface area (Å²) in [5.41, 5.74) is 2.66. The minimum absolute atomic E-state index is 0.287. The van der Waals surface area contributed by atoms with Gasteiger partial charge in [0.15, 0.2) is 0 Å². The van der Waals surface area contributed by atoms with Gasteiger partial charge in [0.05, 0.1) is 0 Å². The summed E-state index contributed by atoms with van der Waals surface area (Å²) < 4.78 is 0. The van der Waals surface area contributed by atoms with Gasteiger partial charge >= 0.3 is 0 Å². The predicted octanol–water partition coefficient (Wildman–Crippen LogP) is 7.15. The highest BCUT2D eigenvalue weighted by molar-refractivity contribution is 5.75. The van der Waals surface area contributed by atoms with Gasteiger partial charge in [-0.05, 0) is 26.7 Å². The predicted molar refractivity (Wildman–Crippen MR) is 103 cm³/mol. The number of hydrogen-bond donors (Lipinski definition) is 0. The quantitative estimate of drug-likeness (QED) is 0.577. The van der Waals surface area contributed by atoms with E-state index in [9.17, 15) is 4.79 Å². The van der Waals surface area contributed by atoms with Crippen molar-refractivity contribution in [2.24, 2.45) is 5.92 Å². The summed E-state index contributed by atoms with van der Waals surface area (Å²) in [6.07, 6.45) is 4.80. The molecule has 0 saturated carbocycles. The van der Waals surface area contributed by atoms with Gasteiger partial charge in [-0.15, -0.1) is 0 Å². The summed E-state index contributed by atoms with van der Waals surface area (Å²) in [4.78, 5) is 10.3. The third-order valence-electron chi connectivity index (χ3n) is 2.62. The lowest BCUT2D eigenvalue weighted by Gasteiger charge is -1.95. The monoisotopic (exact) mass is 308 g/mol. The molecule has 130 valence electrons. The second-order valence-corrected chi connectivity index (χ2v) is 5.81. The molecule has 0 amide bonds. The highest BCUT2D eigenvalue weighted by Crippen LogP contribution is 1.99. The van der Waals surface area contributed by atoms with Crippen LogP contribution in [-0.2, 0) is 4.79 Å². The molecular weight excluding hydrogens is 268 g/mol. The second-order valence-electron chi connectivity index (χ2n) is 5.81. The van der Waals surface area contributed by atoms with Gasteiger partial charge < -0.3 is 4.79 Å². The Bertz CT molecular complexity index is 299. The highest BCUT2D eigenvalue weighted by Gasteiger charge is 1.95. The van der Waals surface area contributed by atoms with Crippen molar-refractivity contribution in [2.45, 2.75) is 88.0 Å². The molecule has 0 aliphatic rings. The van der Waals surface area contributed by atoms with Crippen molar-refractivity contribution in [3.8, 4) is 0 Å². The molecule has 0 unspecified atom stereocenters. The smallest absolute Gasteiger partial charge is 0.130 e. The van der Waals surface area contributed by atoms with Crippen LogP contribution in [0.3, 0.4) is 0 Å². The molecular formula is C21H40O. The Labute approximate surface area is 140 Å². The standard InChI is InChI=1S/C8H10.C6H12O.C5H12.C2H6/c1-7-3-5-8(2)6-4-7;1-5(2)4-6(3)7;1-3-5-4-2;1-2/h3-6H,1-2H3;5H,4H2,1-3H3;3-5H2,1-2H3;1-2H3. The average molecular weight is 309 g/mol. The Morgan fingerprint density at radius 1 is 0.909 bits per heavy atom. The molecule has 0 aliphatic heterocycles. The summed E-state index contributed by atoms with van der Waals surface area (Å²) >= 11 is 0. The van der Waals surface area contributed by atoms with E-state index in [1.807, 2.05) is 27.7 Å². The van der Waals surface area contributed by atoms with Crippen LogP contribution in [-0.4, -0.2) is 5.78 Å². The number of carbonyl (C=O) groups excluding carboxylic acids is 1. The van der Waals surface area contributed by atoms with Crippen LogP contribution >= 0.6 is 0 Å². The molecule has 0 bridgehead atoms. The van der Waals surface area contributed by atoms with E-state index in [0.717, 1.165) is 6.42 Å². The van der Waals surface area contributed by atoms with Gasteiger partial charge in [-0.3, -0.25) is 0 Å². The molecule has 0 fully saturated rings. The Hall–Kier alpha value is -1.11. The van der Waals surface area contributed by atoms with Crippen molar-refractivity contribution < 1.29 is 4.79 Å². The maximum Gasteiger partial charge on any atom is 0.130 e. The van der Waals surface area contributed by atoms with E-state index in [0.29, 0.717) is 5.92 Å². The summed E-state index contributed by atoms with van der Waals surface area (Å²) in [6.45, 7) is 18.3. The normalized spacial score (nSPS) is 8.64. The number of hydrogen-bond acceptors (Lipinski definition) is 1. The van der Waals surface area contributed by atoms with Crippen LogP contribution in [0.1, 0.15) is 85.3 Å². The number of Topliss-reactive ketones (excluding diaryl/α,β-unsaturated/α-hetero) is 1. The molecule has 0 saturated heterocycles. The highest BCUT2D eigenvalue weighted by atomic mass is 16.1. The van der Waals surface area contributed by atoms with E-state index < -0.39 is 0 Å². The Morgan fingerprint density at radius 2 is 1.23 bits per heavy atom. The van der Waals surface area contributed by atoms with Crippen LogP contribution in [0.15, 0.2) is 24.3 Å². The molecule has 0 N–H and O–H groups in total. The number of rotatable bonds is 4. The van der Waals surface area contributed by atoms with Gasteiger partial charge in [-0.1, -0.05) is 96.2 Å². The molecule has 0 atom stereocenters. The molecule has 1 heteroatoms. The summed E-state index contributed by atoms with van der Waals surface area (Å²) in [5.74, 6) is 0.813. The lowest BCUT2D eigenvalue weighted by Crippen LogP contribution is -1.95. The molecule has 1 aromatic rings. The Morgan fingerprint density at radius 3 is 1.32 bits per heavy atom. The van der Waals surface area contributed by atoms with E-state index >= 15 is 0 Å². The van der Waals surface area contributed by atoms with E-state index in [1.54, 1.807) is 6.92 Å². The Kier molecular flexibility index (Phi) is 23.3. The second kappa shape index (κ2) is 19.9. The van der Waals surface area contributed by atoms with E-state index in [1.165, 1.54) is 30.4 Å². The third-order valence-corrected chi connectivity index (χ3v) is 2.62. The maximum absolute atomic E-state index is 10.3. The SMILES string of the molecule is CC.CC(=O)CC(C)C.CCCCC.Cc1ccc(C)cc1. The van der Waals surface area contributed by atoms with Crippen molar-refractivity contribution in [1.82, 2.24) is 0 Å². The lowest BCUT2D eigenvalue weighted by atomic mass is 10.1. The van der Waals surface area contributed by atoms with Gasteiger partial charge in [-0.2, -0.15) is 0 Å².